The molecule has 2 aromatic heterocycles. The average molecular weight is 644 g/mol. The summed E-state index contributed by atoms with van der Waals surface area (Å²) in [6.07, 6.45) is -1.26. The van der Waals surface area contributed by atoms with E-state index in [-0.39, 0.29) is 18.4 Å². The third-order valence-electron chi connectivity index (χ3n) is 7.17. The predicted molar refractivity (Wildman–Crippen MR) is 167 cm³/mol. The Labute approximate surface area is 268 Å². The largest absolute Gasteiger partial charge is 0.465 e. The molecule has 15 heteroatoms. The zero-order valence-electron chi connectivity index (χ0n) is 26.0. The van der Waals surface area contributed by atoms with E-state index in [4.69, 9.17) is 14.2 Å². The van der Waals surface area contributed by atoms with Crippen LogP contribution in [-0.2, 0) is 25.7 Å². The van der Waals surface area contributed by atoms with Gasteiger partial charge < -0.3 is 19.0 Å². The van der Waals surface area contributed by atoms with E-state index >= 15 is 0 Å². The van der Waals surface area contributed by atoms with Crippen LogP contribution in [0.5, 0.6) is 6.01 Å². The quantitative estimate of drug-likeness (QED) is 0.0686. The van der Waals surface area contributed by atoms with Crippen LogP contribution < -0.4 is 4.74 Å². The number of para-hydroxylation sites is 1. The molecule has 0 radical (unpaired) electrons. The monoisotopic (exact) mass is 643 g/mol. The number of nitrogens with one attached hydrogen (secondary N) is 1. The maximum atomic E-state index is 13.4. The van der Waals surface area contributed by atoms with E-state index in [2.05, 4.69) is 30.4 Å². The number of carbonyl (C=O) groups excluding carboxylic acids is 2. The number of esters is 2. The minimum Gasteiger partial charge on any atom is -0.465 e. The van der Waals surface area contributed by atoms with Gasteiger partial charge in [0.15, 0.2) is 0 Å². The van der Waals surface area contributed by atoms with Gasteiger partial charge in [0.2, 0.25) is 12.1 Å². The van der Waals surface area contributed by atoms with Gasteiger partial charge in [0.1, 0.15) is 6.10 Å². The van der Waals surface area contributed by atoms with Crippen LogP contribution in [0.2, 0.25) is 0 Å². The molecule has 0 amide bonds. The van der Waals surface area contributed by atoms with Gasteiger partial charge in [-0.3, -0.25) is 9.36 Å². The highest BCUT2D eigenvalue weighted by Crippen LogP contribution is 2.31. The second kappa shape index (κ2) is 14.9. The van der Waals surface area contributed by atoms with Gasteiger partial charge in [-0.05, 0) is 60.7 Å². The summed E-state index contributed by atoms with van der Waals surface area (Å²) in [6, 6.07) is 21.1. The Bertz CT molecular complexity index is 1840. The van der Waals surface area contributed by atoms with E-state index in [0.717, 1.165) is 22.3 Å². The molecule has 47 heavy (non-hydrogen) atoms. The van der Waals surface area contributed by atoms with Crippen LogP contribution in [0.15, 0.2) is 66.7 Å². The molecule has 0 aliphatic carbocycles. The van der Waals surface area contributed by atoms with E-state index in [1.165, 1.54) is 13.8 Å². The van der Waals surface area contributed by atoms with E-state index in [1.54, 1.807) is 18.2 Å². The summed E-state index contributed by atoms with van der Waals surface area (Å²) in [4.78, 5) is 45.1. The summed E-state index contributed by atoms with van der Waals surface area (Å²) in [6.45, 7) is 5.52. The zero-order valence-corrected chi connectivity index (χ0v) is 26.0. The average Bonchev–Trinajstić information content (AvgIpc) is 3.70. The summed E-state index contributed by atoms with van der Waals surface area (Å²) in [5.74, 6) is -0.820. The lowest BCUT2D eigenvalue weighted by atomic mass is 9.98. The summed E-state index contributed by atoms with van der Waals surface area (Å²) < 4.78 is 18.4. The molecule has 1 unspecified atom stereocenters. The van der Waals surface area contributed by atoms with Crippen LogP contribution in [-0.4, -0.2) is 66.2 Å². The van der Waals surface area contributed by atoms with Crippen molar-refractivity contribution >= 4 is 23.0 Å². The molecule has 2 heterocycles. The lowest BCUT2D eigenvalue weighted by Gasteiger charge is -2.16. The zero-order chi connectivity index (χ0) is 33.3. The number of benzene rings is 3. The maximum absolute atomic E-state index is 13.4. The highest BCUT2D eigenvalue weighted by atomic mass is 17.0. The first-order chi connectivity index (χ1) is 22.7. The Morgan fingerprint density at radius 1 is 1.00 bits per heavy atom. The fraction of sp³-hybridized carbons (Fsp3) is 0.312. The standard InChI is InChI=1S/C32H33N7O8/c1-4-44-32-33-27-13-8-12-26(31(41)46-21(3)45-28(40)14-7-9-20(2)47-39(42)43)29(27)38(32)19-22-15-17-23(18-16-22)24-10-5-6-11-25(24)30-34-36-37-35-30/h5-6,8,10-13,15-18,20-21H,4,7,9,14,19H2,1-3H3,(H,34,35,36,37)/t20-,21?/m1/s1. The van der Waals surface area contributed by atoms with Gasteiger partial charge in [-0.2, -0.15) is 10.2 Å². The molecule has 0 bridgehead atoms. The van der Waals surface area contributed by atoms with Crippen molar-refractivity contribution in [2.75, 3.05) is 6.61 Å². The van der Waals surface area contributed by atoms with Gasteiger partial charge in [-0.15, -0.1) is 20.3 Å². The van der Waals surface area contributed by atoms with Gasteiger partial charge >= 0.3 is 11.9 Å². The first kappa shape index (κ1) is 32.5. The number of nitrogens with zero attached hydrogens (tertiary/aromatic N) is 6. The minimum absolute atomic E-state index is 0.0190. The lowest BCUT2D eigenvalue weighted by molar-refractivity contribution is -0.767. The molecule has 0 saturated heterocycles. The van der Waals surface area contributed by atoms with Crippen LogP contribution in [0.4, 0.5) is 0 Å². The van der Waals surface area contributed by atoms with E-state index in [9.17, 15) is 19.7 Å². The summed E-state index contributed by atoms with van der Waals surface area (Å²) >= 11 is 0. The van der Waals surface area contributed by atoms with Crippen LogP contribution >= 0.6 is 0 Å². The van der Waals surface area contributed by atoms with Gasteiger partial charge in [0.25, 0.3) is 11.1 Å². The number of H-pyrrole nitrogens is 1. The Kier molecular flexibility index (Phi) is 10.3. The Morgan fingerprint density at radius 3 is 2.47 bits per heavy atom. The molecule has 1 N–H and O–H groups in total. The van der Waals surface area contributed by atoms with Crippen LogP contribution in [0.3, 0.4) is 0 Å². The molecule has 0 fully saturated rings. The molecule has 3 aromatic carbocycles. The first-order valence-corrected chi connectivity index (χ1v) is 15.0. The van der Waals surface area contributed by atoms with Crippen molar-refractivity contribution in [3.8, 4) is 28.5 Å². The summed E-state index contributed by atoms with van der Waals surface area (Å²) in [5, 5.41) is 24.0. The van der Waals surface area contributed by atoms with Crippen LogP contribution in [0.25, 0.3) is 33.5 Å². The SMILES string of the molecule is CCOc1nc2cccc(C(=O)OC(C)OC(=O)CCC[C@@H](C)O[N+](=O)[O-])c2n1Cc1ccc(-c2ccccc2-c2nn[nH]n2)cc1. The molecular weight excluding hydrogens is 610 g/mol. The molecule has 5 aromatic rings. The Morgan fingerprint density at radius 2 is 1.77 bits per heavy atom. The first-order valence-electron chi connectivity index (χ1n) is 15.0. The van der Waals surface area contributed by atoms with Crippen molar-refractivity contribution in [2.24, 2.45) is 0 Å². The van der Waals surface area contributed by atoms with Crippen molar-refractivity contribution in [1.82, 2.24) is 30.2 Å². The summed E-state index contributed by atoms with van der Waals surface area (Å²) in [5.41, 5.74) is 4.93. The molecule has 0 spiro atoms. The van der Waals surface area contributed by atoms with Crippen LogP contribution in [0, 0.1) is 10.1 Å². The van der Waals surface area contributed by atoms with E-state index in [1.807, 2.05) is 60.0 Å². The fourth-order valence-corrected chi connectivity index (χ4v) is 5.11. The van der Waals surface area contributed by atoms with Crippen molar-refractivity contribution in [2.45, 2.75) is 59.0 Å². The predicted octanol–water partition coefficient (Wildman–Crippen LogP) is 5.14. The number of imidazole rings is 1. The number of fused-ring (bicyclic) bond motifs is 1. The minimum atomic E-state index is -1.18. The van der Waals surface area contributed by atoms with Gasteiger partial charge in [0, 0.05) is 18.9 Å². The summed E-state index contributed by atoms with van der Waals surface area (Å²) in [7, 11) is 0. The van der Waals surface area contributed by atoms with Crippen molar-refractivity contribution in [3.63, 3.8) is 0 Å². The smallest absolute Gasteiger partial charge is 0.343 e. The van der Waals surface area contributed by atoms with E-state index in [0.29, 0.717) is 42.4 Å². The molecule has 0 saturated carbocycles. The normalized spacial score (nSPS) is 12.3. The van der Waals surface area contributed by atoms with Gasteiger partial charge in [0.05, 0.1) is 29.7 Å². The molecule has 5 rings (SSSR count). The molecular formula is C32H33N7O8. The van der Waals surface area contributed by atoms with Crippen molar-refractivity contribution in [1.29, 1.82) is 0 Å². The number of rotatable bonds is 15. The number of carbonyl (C=O) groups is 2. The number of tetrazole rings is 1. The molecule has 0 aliphatic heterocycles. The molecule has 244 valence electrons. The lowest BCUT2D eigenvalue weighted by Crippen LogP contribution is -2.22. The second-order valence-corrected chi connectivity index (χ2v) is 10.6. The van der Waals surface area contributed by atoms with Gasteiger partial charge in [-0.1, -0.05) is 54.6 Å². The molecule has 0 aliphatic rings. The highest BCUT2D eigenvalue weighted by Gasteiger charge is 2.23. The number of aromatic nitrogens is 6. The fourth-order valence-electron chi connectivity index (χ4n) is 5.11. The van der Waals surface area contributed by atoms with E-state index < -0.39 is 29.4 Å². The number of hydrogen-bond donors (Lipinski definition) is 1. The second-order valence-electron chi connectivity index (χ2n) is 10.6. The molecule has 2 atom stereocenters. The third kappa shape index (κ3) is 8.06. The number of ether oxygens (including phenoxy) is 3. The van der Waals surface area contributed by atoms with Crippen molar-refractivity contribution in [3.05, 3.63) is 88.0 Å². The highest BCUT2D eigenvalue weighted by molar-refractivity contribution is 6.02. The Hall–Kier alpha value is -5.86. The van der Waals surface area contributed by atoms with Crippen molar-refractivity contribution < 1.29 is 33.7 Å². The van der Waals surface area contributed by atoms with Gasteiger partial charge in [-0.25, -0.2) is 4.79 Å². The topological polar surface area (TPSA) is 186 Å². The molecule has 15 nitrogen and oxygen atoms in total. The Balaban J connectivity index is 1.32. The number of hydrogen-bond acceptors (Lipinski definition) is 12. The number of aromatic amines is 1. The maximum Gasteiger partial charge on any atom is 0.343 e. The third-order valence-corrected chi connectivity index (χ3v) is 7.17. The van der Waals surface area contributed by atoms with Crippen LogP contribution in [0.1, 0.15) is 56.0 Å².